The molecule has 3 rings (SSSR count). The number of carbonyl (C=O) groups is 1. The maximum Gasteiger partial charge on any atom is 0.273 e. The molecule has 1 aliphatic rings. The highest BCUT2D eigenvalue weighted by atomic mass is 32.1. The van der Waals surface area contributed by atoms with Crippen LogP contribution in [0.1, 0.15) is 47.4 Å². The number of rotatable bonds is 6. The van der Waals surface area contributed by atoms with Crippen LogP contribution in [0.15, 0.2) is 11.6 Å². The third kappa shape index (κ3) is 3.99. The van der Waals surface area contributed by atoms with Crippen molar-refractivity contribution in [1.29, 1.82) is 0 Å². The molecule has 130 valence electrons. The van der Waals surface area contributed by atoms with Gasteiger partial charge in [-0.2, -0.15) is 0 Å². The van der Waals surface area contributed by atoms with Crippen LogP contribution in [0.2, 0.25) is 0 Å². The molecule has 1 atom stereocenters. The fraction of sp³-hybridized carbons (Fsp3) is 0.625. The Morgan fingerprint density at radius 1 is 1.50 bits per heavy atom. The van der Waals surface area contributed by atoms with Crippen molar-refractivity contribution < 1.29 is 4.79 Å². The summed E-state index contributed by atoms with van der Waals surface area (Å²) in [5.74, 6) is 0.448. The van der Waals surface area contributed by atoms with Crippen LogP contribution in [0.4, 0.5) is 0 Å². The Bertz CT molecular complexity index is 682. The molecule has 1 aliphatic heterocycles. The molecule has 2 N–H and O–H groups in total. The second kappa shape index (κ2) is 7.85. The first-order chi connectivity index (χ1) is 11.7. The zero-order valence-electron chi connectivity index (χ0n) is 14.0. The van der Waals surface area contributed by atoms with Crippen LogP contribution in [-0.2, 0) is 19.5 Å². The lowest BCUT2D eigenvalue weighted by molar-refractivity contribution is 0.0654. The lowest BCUT2D eigenvalue weighted by Gasteiger charge is -2.32. The van der Waals surface area contributed by atoms with E-state index < -0.39 is 0 Å². The van der Waals surface area contributed by atoms with Crippen LogP contribution in [0.3, 0.4) is 0 Å². The van der Waals surface area contributed by atoms with Gasteiger partial charge in [-0.05, 0) is 31.6 Å². The molecule has 0 saturated carbocycles. The number of likely N-dealkylation sites (tertiary alicyclic amines) is 1. The van der Waals surface area contributed by atoms with Gasteiger partial charge in [0, 0.05) is 37.8 Å². The fourth-order valence-corrected chi connectivity index (χ4v) is 3.96. The summed E-state index contributed by atoms with van der Waals surface area (Å²) in [7, 11) is 0. The van der Waals surface area contributed by atoms with E-state index in [-0.39, 0.29) is 5.91 Å². The molecule has 0 aliphatic carbocycles. The minimum absolute atomic E-state index is 0.0551. The van der Waals surface area contributed by atoms with Crippen molar-refractivity contribution in [2.45, 2.75) is 45.7 Å². The number of hydrogen-bond acceptors (Lipinski definition) is 6. The van der Waals surface area contributed by atoms with Gasteiger partial charge in [0.15, 0.2) is 0 Å². The molecule has 1 amide bonds. The number of thiazole rings is 1. The van der Waals surface area contributed by atoms with Crippen molar-refractivity contribution in [1.82, 2.24) is 24.9 Å². The molecule has 7 nitrogen and oxygen atoms in total. The summed E-state index contributed by atoms with van der Waals surface area (Å²) >= 11 is 1.58. The third-order valence-electron chi connectivity index (χ3n) is 4.28. The molecule has 2 aromatic heterocycles. The Hall–Kier alpha value is -1.80. The topological polar surface area (TPSA) is 89.9 Å². The number of amides is 1. The van der Waals surface area contributed by atoms with E-state index in [2.05, 4.69) is 22.2 Å². The van der Waals surface area contributed by atoms with E-state index in [1.807, 2.05) is 21.2 Å². The molecule has 24 heavy (non-hydrogen) atoms. The summed E-state index contributed by atoms with van der Waals surface area (Å²) in [6, 6.07) is 0. The first-order valence-corrected chi connectivity index (χ1v) is 9.40. The zero-order chi connectivity index (χ0) is 16.9. The second-order valence-electron chi connectivity index (χ2n) is 6.27. The number of nitrogens with zero attached hydrogens (tertiary/aromatic N) is 5. The van der Waals surface area contributed by atoms with Crippen molar-refractivity contribution in [2.24, 2.45) is 11.7 Å². The van der Waals surface area contributed by atoms with Crippen molar-refractivity contribution in [3.05, 3.63) is 28.0 Å². The monoisotopic (exact) mass is 348 g/mol. The minimum atomic E-state index is 0.0551. The van der Waals surface area contributed by atoms with Crippen molar-refractivity contribution in [2.75, 3.05) is 13.1 Å². The highest BCUT2D eigenvalue weighted by Gasteiger charge is 2.26. The van der Waals surface area contributed by atoms with Crippen LogP contribution in [0, 0.1) is 5.92 Å². The Kier molecular flexibility index (Phi) is 5.57. The number of hydrogen-bond donors (Lipinski definition) is 1. The van der Waals surface area contributed by atoms with Crippen LogP contribution in [0.25, 0.3) is 0 Å². The highest BCUT2D eigenvalue weighted by Crippen LogP contribution is 2.21. The van der Waals surface area contributed by atoms with Gasteiger partial charge >= 0.3 is 0 Å². The predicted octanol–water partition coefficient (Wildman–Crippen LogP) is 1.70. The van der Waals surface area contributed by atoms with Crippen LogP contribution >= 0.6 is 11.3 Å². The maximum absolute atomic E-state index is 12.7. The molecule has 0 radical (unpaired) electrons. The van der Waals surface area contributed by atoms with E-state index in [9.17, 15) is 4.79 Å². The Morgan fingerprint density at radius 3 is 3.12 bits per heavy atom. The van der Waals surface area contributed by atoms with Crippen LogP contribution < -0.4 is 5.73 Å². The Labute approximate surface area is 145 Å². The lowest BCUT2D eigenvalue weighted by atomic mass is 9.98. The second-order valence-corrected chi connectivity index (χ2v) is 7.21. The van der Waals surface area contributed by atoms with E-state index in [1.54, 1.807) is 11.3 Å². The van der Waals surface area contributed by atoms with E-state index in [0.29, 0.717) is 18.2 Å². The summed E-state index contributed by atoms with van der Waals surface area (Å²) < 4.78 is 1.84. The minimum Gasteiger partial charge on any atom is -0.337 e. The SMILES string of the molecule is CCCc1nc(C(=O)N2CCC[C@H](Cn3cc(CN)nn3)C2)cs1. The highest BCUT2D eigenvalue weighted by molar-refractivity contribution is 7.09. The van der Waals surface area contributed by atoms with Crippen molar-refractivity contribution in [3.63, 3.8) is 0 Å². The maximum atomic E-state index is 12.7. The molecule has 3 heterocycles. The lowest BCUT2D eigenvalue weighted by Crippen LogP contribution is -2.41. The van der Waals surface area contributed by atoms with E-state index in [0.717, 1.165) is 56.0 Å². The van der Waals surface area contributed by atoms with Crippen LogP contribution in [0.5, 0.6) is 0 Å². The standard InChI is InChI=1S/C16H24N6OS/c1-2-4-15-18-14(11-24-15)16(23)21-6-3-5-12(8-21)9-22-10-13(7-17)19-20-22/h10-12H,2-9,17H2,1H3/t12-/m0/s1. The summed E-state index contributed by atoms with van der Waals surface area (Å²) in [6.45, 7) is 4.85. The zero-order valence-corrected chi connectivity index (χ0v) is 14.8. The summed E-state index contributed by atoms with van der Waals surface area (Å²) in [5, 5.41) is 11.1. The molecular formula is C16H24N6OS. The third-order valence-corrected chi connectivity index (χ3v) is 5.19. The first-order valence-electron chi connectivity index (χ1n) is 8.52. The normalized spacial score (nSPS) is 18.1. The Balaban J connectivity index is 1.60. The van der Waals surface area contributed by atoms with Gasteiger partial charge in [0.2, 0.25) is 0 Å². The molecule has 1 fully saturated rings. The summed E-state index contributed by atoms with van der Waals surface area (Å²) in [4.78, 5) is 19.1. The fourth-order valence-electron chi connectivity index (χ4n) is 3.08. The number of nitrogens with two attached hydrogens (primary N) is 1. The molecule has 0 spiro atoms. The number of carbonyl (C=O) groups excluding carboxylic acids is 1. The average molecular weight is 348 g/mol. The van der Waals surface area contributed by atoms with E-state index in [1.165, 1.54) is 0 Å². The van der Waals surface area contributed by atoms with E-state index >= 15 is 0 Å². The van der Waals surface area contributed by atoms with Gasteiger partial charge in [-0.3, -0.25) is 9.48 Å². The molecule has 8 heteroatoms. The van der Waals surface area contributed by atoms with Crippen molar-refractivity contribution >= 4 is 17.2 Å². The van der Waals surface area contributed by atoms with Crippen LogP contribution in [-0.4, -0.2) is 43.9 Å². The molecule has 0 bridgehead atoms. The van der Waals surface area contributed by atoms with Gasteiger partial charge in [-0.15, -0.1) is 16.4 Å². The summed E-state index contributed by atoms with van der Waals surface area (Å²) in [6.07, 6.45) is 5.99. The Morgan fingerprint density at radius 2 is 2.38 bits per heavy atom. The number of piperidine rings is 1. The smallest absolute Gasteiger partial charge is 0.273 e. The predicted molar refractivity (Wildman–Crippen MR) is 92.6 cm³/mol. The molecule has 0 unspecified atom stereocenters. The van der Waals surface area contributed by atoms with E-state index in [4.69, 9.17) is 5.73 Å². The molecule has 1 saturated heterocycles. The molecular weight excluding hydrogens is 324 g/mol. The number of aromatic nitrogens is 4. The summed E-state index contributed by atoms with van der Waals surface area (Å²) in [5.41, 5.74) is 6.96. The largest absolute Gasteiger partial charge is 0.337 e. The van der Waals surface area contributed by atoms with Gasteiger partial charge in [0.25, 0.3) is 5.91 Å². The number of aryl methyl sites for hydroxylation is 1. The van der Waals surface area contributed by atoms with Gasteiger partial charge < -0.3 is 10.6 Å². The average Bonchev–Trinajstić information content (AvgIpc) is 3.24. The van der Waals surface area contributed by atoms with Gasteiger partial charge in [-0.1, -0.05) is 12.1 Å². The molecule has 2 aromatic rings. The van der Waals surface area contributed by atoms with Gasteiger partial charge in [0.1, 0.15) is 5.69 Å². The quantitative estimate of drug-likeness (QED) is 0.858. The van der Waals surface area contributed by atoms with Crippen molar-refractivity contribution in [3.8, 4) is 0 Å². The first kappa shape index (κ1) is 17.0. The van der Waals surface area contributed by atoms with Gasteiger partial charge in [-0.25, -0.2) is 4.98 Å². The molecule has 0 aromatic carbocycles. The van der Waals surface area contributed by atoms with Gasteiger partial charge in [0.05, 0.1) is 10.7 Å².